The molecule has 340 valence electrons. The van der Waals surface area contributed by atoms with Crippen molar-refractivity contribution in [1.29, 1.82) is 0 Å². The fourth-order valence-electron chi connectivity index (χ4n) is 6.24. The SMILES string of the molecule is C=CC(=O)OCCCCCCCCOc1ccc(-c2ncc(C(=O)O[C@H]3OCCO[C@@H]3OC(=O)c3cnc(-c4ccc(OCCCCCCCCOC(=O)C=C)cc4)nc3)cn2)cc1. The van der Waals surface area contributed by atoms with Gasteiger partial charge in [0.05, 0.1) is 50.8 Å². The van der Waals surface area contributed by atoms with Crippen molar-refractivity contribution >= 4 is 23.9 Å². The highest BCUT2D eigenvalue weighted by Gasteiger charge is 2.35. The maximum absolute atomic E-state index is 13.1. The van der Waals surface area contributed by atoms with E-state index in [0.717, 1.165) is 99.7 Å². The summed E-state index contributed by atoms with van der Waals surface area (Å²) in [5, 5.41) is 0. The molecule has 4 aromatic rings. The van der Waals surface area contributed by atoms with Gasteiger partial charge in [-0.25, -0.2) is 39.1 Å². The van der Waals surface area contributed by atoms with Crippen molar-refractivity contribution in [3.8, 4) is 34.3 Å². The Morgan fingerprint density at radius 2 is 0.828 bits per heavy atom. The summed E-state index contributed by atoms with van der Waals surface area (Å²) < 4.78 is 43.9. The van der Waals surface area contributed by atoms with Crippen LogP contribution in [0.5, 0.6) is 11.5 Å². The van der Waals surface area contributed by atoms with E-state index in [2.05, 4.69) is 33.1 Å². The Balaban J connectivity index is 0.987. The van der Waals surface area contributed by atoms with Crippen LogP contribution in [0.2, 0.25) is 0 Å². The fraction of sp³-hybridized carbons (Fsp3) is 0.417. The molecular formula is C48H56N4O12. The van der Waals surface area contributed by atoms with Gasteiger partial charge in [0.1, 0.15) is 11.5 Å². The maximum atomic E-state index is 13.1. The zero-order valence-electron chi connectivity index (χ0n) is 36.1. The summed E-state index contributed by atoms with van der Waals surface area (Å²) in [5.41, 5.74) is 1.59. The van der Waals surface area contributed by atoms with Crippen LogP contribution >= 0.6 is 0 Å². The molecule has 1 fully saturated rings. The minimum atomic E-state index is -1.34. The molecule has 2 aromatic heterocycles. The van der Waals surface area contributed by atoms with E-state index >= 15 is 0 Å². The van der Waals surface area contributed by atoms with E-state index in [-0.39, 0.29) is 36.3 Å². The van der Waals surface area contributed by atoms with Gasteiger partial charge in [-0.15, -0.1) is 0 Å². The standard InChI is InChI=1S/C48H56N4O12/c1-3-41(53)59-27-15-11-7-5-9-13-25-57-39-21-17-35(18-22-39)43-49-31-37(32-50-43)45(55)63-47-48(62-30-29-61-47)64-46(56)38-33-51-44(52-34-38)36-19-23-40(24-20-36)58-26-14-10-6-8-12-16-28-60-42(54)4-2/h3-4,17-24,31-34,47-48H,1-2,5-16,25-30H2/t47-,48-/m1/s1. The molecule has 0 aliphatic carbocycles. The minimum absolute atomic E-state index is 0.0630. The number of carbonyl (C=O) groups is 4. The van der Waals surface area contributed by atoms with E-state index in [0.29, 0.717) is 38.1 Å². The summed E-state index contributed by atoms with van der Waals surface area (Å²) in [5.74, 6) is -0.0931. The van der Waals surface area contributed by atoms with E-state index < -0.39 is 24.5 Å². The van der Waals surface area contributed by atoms with Gasteiger partial charge in [0, 0.05) is 48.1 Å². The second kappa shape index (κ2) is 27.5. The van der Waals surface area contributed by atoms with Crippen molar-refractivity contribution in [3.63, 3.8) is 0 Å². The first kappa shape index (κ1) is 48.5. The second-order valence-electron chi connectivity index (χ2n) is 14.6. The predicted octanol–water partition coefficient (Wildman–Crippen LogP) is 8.21. The molecule has 0 radical (unpaired) electrons. The smallest absolute Gasteiger partial charge is 0.343 e. The molecule has 0 saturated carbocycles. The second-order valence-corrected chi connectivity index (χ2v) is 14.6. The van der Waals surface area contributed by atoms with E-state index in [4.69, 9.17) is 37.9 Å². The Labute approximate surface area is 373 Å². The summed E-state index contributed by atoms with van der Waals surface area (Å²) in [6, 6.07) is 14.7. The normalized spacial score (nSPS) is 14.4. The van der Waals surface area contributed by atoms with Crippen LogP contribution in [0.1, 0.15) is 97.8 Å². The molecule has 0 amide bonds. The average Bonchev–Trinajstić information content (AvgIpc) is 3.33. The van der Waals surface area contributed by atoms with Crippen LogP contribution < -0.4 is 9.47 Å². The lowest BCUT2D eigenvalue weighted by Crippen LogP contribution is -2.44. The average molecular weight is 881 g/mol. The van der Waals surface area contributed by atoms with Crippen LogP contribution in [-0.2, 0) is 38.0 Å². The third-order valence-corrected chi connectivity index (χ3v) is 9.75. The number of hydrogen-bond acceptors (Lipinski definition) is 16. The number of rotatable bonds is 28. The summed E-state index contributed by atoms with van der Waals surface area (Å²) >= 11 is 0. The molecule has 0 spiro atoms. The van der Waals surface area contributed by atoms with Crippen molar-refractivity contribution < 1.29 is 57.1 Å². The lowest BCUT2D eigenvalue weighted by molar-refractivity contribution is -0.288. The molecule has 0 bridgehead atoms. The zero-order valence-corrected chi connectivity index (χ0v) is 36.1. The van der Waals surface area contributed by atoms with Gasteiger partial charge in [-0.05, 0) is 74.2 Å². The first-order valence-corrected chi connectivity index (χ1v) is 21.7. The highest BCUT2D eigenvalue weighted by Crippen LogP contribution is 2.23. The number of esters is 4. The fourth-order valence-corrected chi connectivity index (χ4v) is 6.24. The van der Waals surface area contributed by atoms with Crippen LogP contribution in [0, 0.1) is 0 Å². The Morgan fingerprint density at radius 1 is 0.500 bits per heavy atom. The molecule has 1 aliphatic heterocycles. The summed E-state index contributed by atoms with van der Waals surface area (Å²) in [7, 11) is 0. The summed E-state index contributed by atoms with van der Waals surface area (Å²) in [4.78, 5) is 65.5. The van der Waals surface area contributed by atoms with Gasteiger partial charge < -0.3 is 37.9 Å². The van der Waals surface area contributed by atoms with Crippen LogP contribution in [0.25, 0.3) is 22.8 Å². The molecule has 5 rings (SSSR count). The first-order valence-electron chi connectivity index (χ1n) is 21.7. The van der Waals surface area contributed by atoms with Crippen molar-refractivity contribution in [2.24, 2.45) is 0 Å². The van der Waals surface area contributed by atoms with E-state index in [1.54, 1.807) is 0 Å². The molecular weight excluding hydrogens is 825 g/mol. The zero-order chi connectivity index (χ0) is 45.2. The number of hydrogen-bond donors (Lipinski definition) is 0. The first-order chi connectivity index (χ1) is 31.3. The van der Waals surface area contributed by atoms with Crippen LogP contribution in [0.15, 0.2) is 98.6 Å². The molecule has 0 unspecified atom stereocenters. The topological polar surface area (TPSA) is 194 Å². The number of nitrogens with zero attached hydrogens (tertiary/aromatic N) is 4. The third-order valence-electron chi connectivity index (χ3n) is 9.75. The van der Waals surface area contributed by atoms with E-state index in [1.807, 2.05) is 48.5 Å². The largest absolute Gasteiger partial charge is 0.494 e. The van der Waals surface area contributed by atoms with Crippen LogP contribution in [0.4, 0.5) is 0 Å². The number of ether oxygens (including phenoxy) is 8. The molecule has 16 nitrogen and oxygen atoms in total. The highest BCUT2D eigenvalue weighted by atomic mass is 16.8. The molecule has 0 N–H and O–H groups in total. The van der Waals surface area contributed by atoms with Crippen molar-refractivity contribution in [2.45, 2.75) is 89.6 Å². The maximum Gasteiger partial charge on any atom is 0.343 e. The quantitative estimate of drug-likeness (QED) is 0.0229. The molecule has 16 heteroatoms. The Hall–Kier alpha value is -6.52. The predicted molar refractivity (Wildman–Crippen MR) is 234 cm³/mol. The van der Waals surface area contributed by atoms with E-state index in [1.165, 1.54) is 36.9 Å². The van der Waals surface area contributed by atoms with Gasteiger partial charge in [-0.1, -0.05) is 64.5 Å². The molecule has 1 aliphatic rings. The Kier molecular flexibility index (Phi) is 20.9. The lowest BCUT2D eigenvalue weighted by atomic mass is 10.1. The lowest BCUT2D eigenvalue weighted by Gasteiger charge is -2.30. The number of carbonyl (C=O) groups excluding carboxylic acids is 4. The third kappa shape index (κ3) is 17.0. The van der Waals surface area contributed by atoms with Crippen LogP contribution in [-0.4, -0.2) is 96.0 Å². The van der Waals surface area contributed by atoms with Crippen molar-refractivity contribution in [3.05, 3.63) is 110 Å². The number of unbranched alkanes of at least 4 members (excludes halogenated alkanes) is 10. The highest BCUT2D eigenvalue weighted by molar-refractivity contribution is 5.90. The molecule has 2 aromatic carbocycles. The molecule has 64 heavy (non-hydrogen) atoms. The molecule has 2 atom stereocenters. The molecule has 3 heterocycles. The van der Waals surface area contributed by atoms with Crippen molar-refractivity contribution in [1.82, 2.24) is 19.9 Å². The van der Waals surface area contributed by atoms with E-state index in [9.17, 15) is 19.2 Å². The van der Waals surface area contributed by atoms with Gasteiger partial charge in [-0.2, -0.15) is 0 Å². The Bertz CT molecular complexity index is 1910. The summed E-state index contributed by atoms with van der Waals surface area (Å²) in [6.45, 7) is 9.03. The van der Waals surface area contributed by atoms with Gasteiger partial charge in [-0.3, -0.25) is 0 Å². The summed E-state index contributed by atoms with van der Waals surface area (Å²) in [6.07, 6.45) is 17.0. The monoisotopic (exact) mass is 880 g/mol. The van der Waals surface area contributed by atoms with Crippen LogP contribution in [0.3, 0.4) is 0 Å². The molecule has 1 saturated heterocycles. The van der Waals surface area contributed by atoms with Gasteiger partial charge in [0.15, 0.2) is 11.6 Å². The van der Waals surface area contributed by atoms with Crippen molar-refractivity contribution in [2.75, 3.05) is 39.6 Å². The number of aromatic nitrogens is 4. The number of benzene rings is 2. The minimum Gasteiger partial charge on any atom is -0.494 e. The van der Waals surface area contributed by atoms with Gasteiger partial charge in [0.25, 0.3) is 12.6 Å². The van der Waals surface area contributed by atoms with Gasteiger partial charge >= 0.3 is 23.9 Å². The van der Waals surface area contributed by atoms with Gasteiger partial charge in [0.2, 0.25) is 0 Å². The Morgan fingerprint density at radius 3 is 1.17 bits per heavy atom.